The van der Waals surface area contributed by atoms with Crippen LogP contribution in [0.5, 0.6) is 0 Å². The molecule has 1 amide bonds. The van der Waals surface area contributed by atoms with Gasteiger partial charge in [-0.25, -0.2) is 4.98 Å². The molecule has 4 heterocycles. The van der Waals surface area contributed by atoms with Crippen molar-refractivity contribution in [3.8, 4) is 0 Å². The van der Waals surface area contributed by atoms with Crippen molar-refractivity contribution in [2.24, 2.45) is 0 Å². The van der Waals surface area contributed by atoms with Gasteiger partial charge in [0.1, 0.15) is 0 Å². The van der Waals surface area contributed by atoms with Crippen LogP contribution in [0.2, 0.25) is 0 Å². The van der Waals surface area contributed by atoms with Gasteiger partial charge in [0.25, 0.3) is 0 Å². The molecule has 7 nitrogen and oxygen atoms in total. The summed E-state index contributed by atoms with van der Waals surface area (Å²) >= 11 is 0. The smallest absolute Gasteiger partial charge is 0.227 e. The van der Waals surface area contributed by atoms with Crippen LogP contribution >= 0.6 is 0 Å². The van der Waals surface area contributed by atoms with Crippen molar-refractivity contribution in [1.29, 1.82) is 0 Å². The Morgan fingerprint density at radius 3 is 2.76 bits per heavy atom. The van der Waals surface area contributed by atoms with Gasteiger partial charge >= 0.3 is 0 Å². The molecule has 0 N–H and O–H groups in total. The van der Waals surface area contributed by atoms with Gasteiger partial charge in [0.2, 0.25) is 5.91 Å². The Morgan fingerprint density at radius 2 is 1.96 bits per heavy atom. The molecule has 2 aliphatic heterocycles. The Bertz CT molecular complexity index is 798. The third kappa shape index (κ3) is 2.67. The minimum atomic E-state index is 0.209. The molecule has 25 heavy (non-hydrogen) atoms. The summed E-state index contributed by atoms with van der Waals surface area (Å²) in [5.41, 5.74) is 2.09. The average Bonchev–Trinajstić information content (AvgIpc) is 3.02. The molecule has 0 spiro atoms. The zero-order valence-electron chi connectivity index (χ0n) is 14.2. The SMILES string of the molecule is O=C1CCCN1c1cnn(C2CCN(c3nccnc3C3CC3)C2)c1. The number of hydrogen-bond acceptors (Lipinski definition) is 5. The molecule has 2 aromatic heterocycles. The Balaban J connectivity index is 1.33. The fourth-order valence-electron chi connectivity index (χ4n) is 3.97. The van der Waals surface area contributed by atoms with E-state index < -0.39 is 0 Å². The standard InChI is InChI=1S/C18H22N6O/c25-16-2-1-8-23(16)15-10-21-24(12-15)14-5-9-22(11-14)18-17(13-3-4-13)19-6-7-20-18/h6-7,10,12-14H,1-5,8-9,11H2. The first-order valence-corrected chi connectivity index (χ1v) is 9.20. The van der Waals surface area contributed by atoms with Crippen molar-refractivity contribution in [2.45, 2.75) is 44.1 Å². The van der Waals surface area contributed by atoms with Gasteiger partial charge in [-0.3, -0.25) is 14.5 Å². The second-order valence-electron chi connectivity index (χ2n) is 7.26. The summed E-state index contributed by atoms with van der Waals surface area (Å²) in [7, 11) is 0. The molecule has 0 bridgehead atoms. The zero-order chi connectivity index (χ0) is 16.8. The van der Waals surface area contributed by atoms with Crippen molar-refractivity contribution in [1.82, 2.24) is 19.7 Å². The van der Waals surface area contributed by atoms with Crippen LogP contribution < -0.4 is 9.80 Å². The quantitative estimate of drug-likeness (QED) is 0.854. The van der Waals surface area contributed by atoms with E-state index in [-0.39, 0.29) is 5.91 Å². The molecule has 1 unspecified atom stereocenters. The lowest BCUT2D eigenvalue weighted by Gasteiger charge is -2.20. The number of anilines is 2. The monoisotopic (exact) mass is 338 g/mol. The van der Waals surface area contributed by atoms with E-state index in [4.69, 9.17) is 0 Å². The molecule has 1 saturated carbocycles. The predicted molar refractivity (Wildman–Crippen MR) is 93.7 cm³/mol. The van der Waals surface area contributed by atoms with Gasteiger partial charge in [-0.05, 0) is 25.7 Å². The molecule has 0 aromatic carbocycles. The van der Waals surface area contributed by atoms with Gasteiger partial charge in [0.05, 0.1) is 23.6 Å². The van der Waals surface area contributed by atoms with E-state index in [9.17, 15) is 4.79 Å². The van der Waals surface area contributed by atoms with Crippen LogP contribution in [0.1, 0.15) is 49.8 Å². The van der Waals surface area contributed by atoms with E-state index in [0.717, 1.165) is 49.7 Å². The summed E-state index contributed by atoms with van der Waals surface area (Å²) in [5.74, 6) is 1.86. The van der Waals surface area contributed by atoms with Gasteiger partial charge in [-0.1, -0.05) is 0 Å². The molecule has 7 heteroatoms. The van der Waals surface area contributed by atoms with Crippen LogP contribution in [0.3, 0.4) is 0 Å². The second kappa shape index (κ2) is 5.82. The molecule has 1 atom stereocenters. The summed E-state index contributed by atoms with van der Waals surface area (Å²) in [5, 5.41) is 4.54. The number of rotatable bonds is 4. The van der Waals surface area contributed by atoms with Gasteiger partial charge in [0.15, 0.2) is 5.82 Å². The minimum Gasteiger partial charge on any atom is -0.353 e. The summed E-state index contributed by atoms with van der Waals surface area (Å²) in [6, 6.07) is 0.320. The number of hydrogen-bond donors (Lipinski definition) is 0. The normalized spacial score (nSPS) is 23.7. The molecule has 5 rings (SSSR count). The Hall–Kier alpha value is -2.44. The molecule has 3 fully saturated rings. The first-order chi connectivity index (χ1) is 12.3. The fraction of sp³-hybridized carbons (Fsp3) is 0.556. The lowest BCUT2D eigenvalue weighted by Crippen LogP contribution is -2.24. The number of carbonyl (C=O) groups excluding carboxylic acids is 1. The molecule has 0 radical (unpaired) electrons. The zero-order valence-corrected chi connectivity index (χ0v) is 14.2. The lowest BCUT2D eigenvalue weighted by molar-refractivity contribution is -0.117. The van der Waals surface area contributed by atoms with Crippen LogP contribution in [-0.2, 0) is 4.79 Å². The third-order valence-corrected chi connectivity index (χ3v) is 5.48. The van der Waals surface area contributed by atoms with E-state index >= 15 is 0 Å². The van der Waals surface area contributed by atoms with Crippen molar-refractivity contribution in [3.63, 3.8) is 0 Å². The maximum atomic E-state index is 11.9. The van der Waals surface area contributed by atoms with Crippen LogP contribution in [0, 0.1) is 0 Å². The number of carbonyl (C=O) groups is 1. The van der Waals surface area contributed by atoms with Crippen LogP contribution in [0.25, 0.3) is 0 Å². The highest BCUT2D eigenvalue weighted by molar-refractivity contribution is 5.95. The van der Waals surface area contributed by atoms with E-state index in [0.29, 0.717) is 18.4 Å². The van der Waals surface area contributed by atoms with Gasteiger partial charge < -0.3 is 9.80 Å². The summed E-state index contributed by atoms with van der Waals surface area (Å²) in [4.78, 5) is 25.3. The fourth-order valence-corrected chi connectivity index (χ4v) is 3.97. The third-order valence-electron chi connectivity index (χ3n) is 5.48. The van der Waals surface area contributed by atoms with Crippen LogP contribution in [0.4, 0.5) is 11.5 Å². The Labute approximate surface area is 146 Å². The first kappa shape index (κ1) is 14.9. The van der Waals surface area contributed by atoms with E-state index in [1.807, 2.05) is 22.0 Å². The maximum Gasteiger partial charge on any atom is 0.227 e. The van der Waals surface area contributed by atoms with Crippen LogP contribution in [0.15, 0.2) is 24.8 Å². The van der Waals surface area contributed by atoms with E-state index in [1.165, 1.54) is 12.8 Å². The summed E-state index contributed by atoms with van der Waals surface area (Å²) < 4.78 is 2.02. The van der Waals surface area contributed by atoms with Crippen LogP contribution in [-0.4, -0.2) is 45.3 Å². The molecular formula is C18H22N6O. The van der Waals surface area contributed by atoms with Crippen molar-refractivity contribution in [2.75, 3.05) is 29.4 Å². The molecule has 130 valence electrons. The van der Waals surface area contributed by atoms with Crippen molar-refractivity contribution < 1.29 is 4.79 Å². The highest BCUT2D eigenvalue weighted by Crippen LogP contribution is 2.43. The molecule has 3 aliphatic rings. The predicted octanol–water partition coefficient (Wildman–Crippen LogP) is 2.13. The largest absolute Gasteiger partial charge is 0.353 e. The summed E-state index contributed by atoms with van der Waals surface area (Å²) in [6.45, 7) is 2.68. The lowest BCUT2D eigenvalue weighted by atomic mass is 10.2. The van der Waals surface area contributed by atoms with E-state index in [1.54, 1.807) is 12.4 Å². The summed E-state index contributed by atoms with van der Waals surface area (Å²) in [6.07, 6.45) is 12.5. The minimum absolute atomic E-state index is 0.209. The highest BCUT2D eigenvalue weighted by Gasteiger charge is 2.33. The van der Waals surface area contributed by atoms with Gasteiger partial charge in [-0.15, -0.1) is 0 Å². The highest BCUT2D eigenvalue weighted by atomic mass is 16.2. The van der Waals surface area contributed by atoms with Gasteiger partial charge in [0, 0.05) is 50.6 Å². The molecule has 2 aromatic rings. The average molecular weight is 338 g/mol. The molecular weight excluding hydrogens is 316 g/mol. The Kier molecular flexibility index (Phi) is 3.46. The Morgan fingerprint density at radius 1 is 1.08 bits per heavy atom. The molecule has 1 aliphatic carbocycles. The number of aromatic nitrogens is 4. The number of nitrogens with zero attached hydrogens (tertiary/aromatic N) is 6. The topological polar surface area (TPSA) is 67.2 Å². The first-order valence-electron chi connectivity index (χ1n) is 9.20. The maximum absolute atomic E-state index is 11.9. The van der Waals surface area contributed by atoms with Crippen molar-refractivity contribution >= 4 is 17.4 Å². The number of amides is 1. The van der Waals surface area contributed by atoms with E-state index in [2.05, 4.69) is 20.0 Å². The molecule has 2 saturated heterocycles. The van der Waals surface area contributed by atoms with Crippen molar-refractivity contribution in [3.05, 3.63) is 30.5 Å². The van der Waals surface area contributed by atoms with Gasteiger partial charge in [-0.2, -0.15) is 5.10 Å². The second-order valence-corrected chi connectivity index (χ2v) is 7.26.